The van der Waals surface area contributed by atoms with E-state index in [1.165, 1.54) is 0 Å². The van der Waals surface area contributed by atoms with Gasteiger partial charge in [0.2, 0.25) is 11.8 Å². The molecule has 2 aromatic carbocycles. The minimum Gasteiger partial charge on any atom is -0.497 e. The van der Waals surface area contributed by atoms with Crippen molar-refractivity contribution in [1.29, 1.82) is 0 Å². The zero-order valence-electron chi connectivity index (χ0n) is 16.5. The molecule has 0 saturated carbocycles. The van der Waals surface area contributed by atoms with E-state index in [1.807, 2.05) is 24.3 Å². The second-order valence-electron chi connectivity index (χ2n) is 7.24. The largest absolute Gasteiger partial charge is 0.497 e. The highest BCUT2D eigenvalue weighted by molar-refractivity contribution is 6.01. The first kappa shape index (κ1) is 19.1. The Hall–Kier alpha value is -3.22. The molecule has 0 aliphatic carbocycles. The molecule has 1 saturated heterocycles. The van der Waals surface area contributed by atoms with Gasteiger partial charge in [-0.25, -0.2) is 0 Å². The molecule has 0 spiro atoms. The van der Waals surface area contributed by atoms with Crippen LogP contribution in [0.3, 0.4) is 0 Å². The van der Waals surface area contributed by atoms with Gasteiger partial charge in [-0.2, -0.15) is 0 Å². The molecule has 0 radical (unpaired) electrons. The fraction of sp³-hybridized carbons (Fsp3) is 0.364. The number of methoxy groups -OCH3 is 2. The van der Waals surface area contributed by atoms with Crippen molar-refractivity contribution in [2.75, 3.05) is 32.2 Å². The van der Waals surface area contributed by atoms with Gasteiger partial charge in [0, 0.05) is 25.5 Å². The zero-order valence-corrected chi connectivity index (χ0v) is 16.5. The minimum absolute atomic E-state index is 0.0776. The monoisotopic (exact) mass is 396 g/mol. The van der Waals surface area contributed by atoms with E-state index < -0.39 is 5.92 Å². The Kier molecular flexibility index (Phi) is 5.29. The summed E-state index contributed by atoms with van der Waals surface area (Å²) < 4.78 is 16.5. The highest BCUT2D eigenvalue weighted by atomic mass is 16.5. The van der Waals surface area contributed by atoms with Gasteiger partial charge in [0.25, 0.3) is 0 Å². The SMILES string of the molecule is COc1ccc(N2CC(C(=O)NCC3Cc4ccccc4O3)CC2=O)c(OC)c1. The van der Waals surface area contributed by atoms with Crippen molar-refractivity contribution in [3.63, 3.8) is 0 Å². The number of anilines is 1. The Morgan fingerprint density at radius 1 is 1.17 bits per heavy atom. The first-order chi connectivity index (χ1) is 14.1. The van der Waals surface area contributed by atoms with E-state index in [4.69, 9.17) is 14.2 Å². The van der Waals surface area contributed by atoms with Crippen molar-refractivity contribution in [2.45, 2.75) is 18.9 Å². The summed E-state index contributed by atoms with van der Waals surface area (Å²) in [5.74, 6) is 1.42. The van der Waals surface area contributed by atoms with Crippen LogP contribution in [0.25, 0.3) is 0 Å². The molecule has 4 rings (SSSR count). The second-order valence-corrected chi connectivity index (χ2v) is 7.24. The van der Waals surface area contributed by atoms with Crippen LogP contribution in [0.15, 0.2) is 42.5 Å². The van der Waals surface area contributed by atoms with Gasteiger partial charge in [-0.3, -0.25) is 9.59 Å². The molecule has 0 bridgehead atoms. The predicted octanol–water partition coefficient (Wildman–Crippen LogP) is 2.18. The number of hydrogen-bond acceptors (Lipinski definition) is 5. The molecule has 7 heteroatoms. The quantitative estimate of drug-likeness (QED) is 0.810. The number of amides is 2. The van der Waals surface area contributed by atoms with Crippen LogP contribution in [-0.2, 0) is 16.0 Å². The van der Waals surface area contributed by atoms with Gasteiger partial charge in [0.05, 0.1) is 32.4 Å². The highest BCUT2D eigenvalue weighted by Gasteiger charge is 2.36. The van der Waals surface area contributed by atoms with Crippen LogP contribution in [0.2, 0.25) is 0 Å². The van der Waals surface area contributed by atoms with E-state index >= 15 is 0 Å². The third-order valence-electron chi connectivity index (χ3n) is 5.39. The number of ether oxygens (including phenoxy) is 3. The molecule has 2 heterocycles. The van der Waals surface area contributed by atoms with Gasteiger partial charge in [-0.05, 0) is 23.8 Å². The topological polar surface area (TPSA) is 77.1 Å². The number of carbonyl (C=O) groups excluding carboxylic acids is 2. The Morgan fingerprint density at radius 3 is 2.76 bits per heavy atom. The summed E-state index contributed by atoms with van der Waals surface area (Å²) in [6, 6.07) is 13.2. The van der Waals surface area contributed by atoms with Crippen molar-refractivity contribution < 1.29 is 23.8 Å². The normalized spacial score (nSPS) is 20.2. The maximum absolute atomic E-state index is 12.7. The van der Waals surface area contributed by atoms with Crippen LogP contribution in [0, 0.1) is 5.92 Å². The van der Waals surface area contributed by atoms with Gasteiger partial charge in [-0.15, -0.1) is 0 Å². The molecule has 7 nitrogen and oxygen atoms in total. The van der Waals surface area contributed by atoms with Crippen molar-refractivity contribution in [1.82, 2.24) is 5.32 Å². The van der Waals surface area contributed by atoms with Crippen LogP contribution in [-0.4, -0.2) is 45.2 Å². The molecule has 0 aromatic heterocycles. The Bertz CT molecular complexity index is 904. The zero-order chi connectivity index (χ0) is 20.4. The maximum atomic E-state index is 12.7. The molecule has 2 aliphatic rings. The Balaban J connectivity index is 1.36. The average molecular weight is 396 g/mol. The standard InChI is InChI=1S/C22H24N2O5/c1-27-16-7-8-18(20(11-16)28-2)24-13-15(10-21(24)25)22(26)23-12-17-9-14-5-3-4-6-19(14)29-17/h3-8,11,15,17H,9-10,12-13H2,1-2H3,(H,23,26). The van der Waals surface area contributed by atoms with E-state index in [1.54, 1.807) is 37.3 Å². The Labute approximate surface area is 169 Å². The first-order valence-corrected chi connectivity index (χ1v) is 9.63. The molecule has 1 N–H and O–H groups in total. The summed E-state index contributed by atoms with van der Waals surface area (Å²) in [5.41, 5.74) is 1.80. The molecular weight excluding hydrogens is 372 g/mol. The average Bonchev–Trinajstić information content (AvgIpc) is 3.34. The van der Waals surface area contributed by atoms with Crippen LogP contribution < -0.4 is 24.4 Å². The summed E-state index contributed by atoms with van der Waals surface area (Å²) in [6.07, 6.45) is 0.869. The maximum Gasteiger partial charge on any atom is 0.227 e. The van der Waals surface area contributed by atoms with E-state index in [0.717, 1.165) is 17.7 Å². The van der Waals surface area contributed by atoms with E-state index in [-0.39, 0.29) is 24.3 Å². The van der Waals surface area contributed by atoms with Gasteiger partial charge in [-0.1, -0.05) is 18.2 Å². The lowest BCUT2D eigenvalue weighted by Gasteiger charge is -2.20. The molecule has 2 amide bonds. The molecular formula is C22H24N2O5. The van der Waals surface area contributed by atoms with Crippen LogP contribution in [0.1, 0.15) is 12.0 Å². The van der Waals surface area contributed by atoms with Crippen LogP contribution in [0.5, 0.6) is 17.2 Å². The van der Waals surface area contributed by atoms with Gasteiger partial charge in [0.1, 0.15) is 23.4 Å². The van der Waals surface area contributed by atoms with Gasteiger partial charge >= 0.3 is 0 Å². The molecule has 2 atom stereocenters. The molecule has 2 unspecified atom stereocenters. The number of carbonyl (C=O) groups is 2. The summed E-state index contributed by atoms with van der Waals surface area (Å²) in [6.45, 7) is 0.739. The third-order valence-corrected chi connectivity index (χ3v) is 5.39. The number of rotatable bonds is 6. The highest BCUT2D eigenvalue weighted by Crippen LogP contribution is 2.36. The molecule has 2 aliphatic heterocycles. The lowest BCUT2D eigenvalue weighted by Crippen LogP contribution is -2.39. The summed E-state index contributed by atoms with van der Waals surface area (Å²) in [7, 11) is 3.12. The molecule has 1 fully saturated rings. The van der Waals surface area contributed by atoms with Crippen molar-refractivity contribution >= 4 is 17.5 Å². The van der Waals surface area contributed by atoms with E-state index in [9.17, 15) is 9.59 Å². The van der Waals surface area contributed by atoms with Gasteiger partial charge < -0.3 is 24.4 Å². The minimum atomic E-state index is -0.405. The van der Waals surface area contributed by atoms with E-state index in [0.29, 0.717) is 30.3 Å². The predicted molar refractivity (Wildman–Crippen MR) is 108 cm³/mol. The number of hydrogen-bond donors (Lipinski definition) is 1. The van der Waals surface area contributed by atoms with E-state index in [2.05, 4.69) is 5.32 Å². The lowest BCUT2D eigenvalue weighted by atomic mass is 10.1. The van der Waals surface area contributed by atoms with Crippen LogP contribution >= 0.6 is 0 Å². The summed E-state index contributed by atoms with van der Waals surface area (Å²) >= 11 is 0. The molecule has 152 valence electrons. The molecule has 2 aromatic rings. The fourth-order valence-electron chi connectivity index (χ4n) is 3.85. The number of nitrogens with zero attached hydrogens (tertiary/aromatic N) is 1. The fourth-order valence-corrected chi connectivity index (χ4v) is 3.85. The molecule has 29 heavy (non-hydrogen) atoms. The van der Waals surface area contributed by atoms with Gasteiger partial charge in [0.15, 0.2) is 0 Å². The number of nitrogens with one attached hydrogen (secondary N) is 1. The third kappa shape index (κ3) is 3.85. The Morgan fingerprint density at radius 2 is 2.00 bits per heavy atom. The number of fused-ring (bicyclic) bond motifs is 1. The first-order valence-electron chi connectivity index (χ1n) is 9.63. The lowest BCUT2D eigenvalue weighted by molar-refractivity contribution is -0.126. The van der Waals surface area contributed by atoms with Crippen molar-refractivity contribution in [3.8, 4) is 17.2 Å². The van der Waals surface area contributed by atoms with Crippen LogP contribution in [0.4, 0.5) is 5.69 Å². The second kappa shape index (κ2) is 8.03. The summed E-state index contributed by atoms with van der Waals surface area (Å²) in [4.78, 5) is 26.8. The van der Waals surface area contributed by atoms with Crippen molar-refractivity contribution in [3.05, 3.63) is 48.0 Å². The van der Waals surface area contributed by atoms with Crippen molar-refractivity contribution in [2.24, 2.45) is 5.92 Å². The summed E-state index contributed by atoms with van der Waals surface area (Å²) in [5, 5.41) is 2.95. The number of para-hydroxylation sites is 1. The number of benzene rings is 2. The smallest absolute Gasteiger partial charge is 0.227 e.